The van der Waals surface area contributed by atoms with Gasteiger partial charge in [0.1, 0.15) is 0 Å². The van der Waals surface area contributed by atoms with Crippen LogP contribution in [0.3, 0.4) is 0 Å². The quantitative estimate of drug-likeness (QED) is 0.314. The molecule has 0 saturated heterocycles. The van der Waals surface area contributed by atoms with Crippen LogP contribution in [0.2, 0.25) is 0 Å². The Morgan fingerprint density at radius 3 is 2.57 bits per heavy atom. The molecule has 0 radical (unpaired) electrons. The van der Waals surface area contributed by atoms with Gasteiger partial charge in [0.2, 0.25) is 0 Å². The molecule has 8 atom stereocenters. The Hall–Kier alpha value is -0.650. The van der Waals surface area contributed by atoms with Gasteiger partial charge in [0.05, 0.1) is 12.8 Å². The van der Waals surface area contributed by atoms with Crippen LogP contribution in [0.5, 0.6) is 0 Å². The van der Waals surface area contributed by atoms with Crippen LogP contribution < -0.4 is 0 Å². The van der Waals surface area contributed by atoms with Gasteiger partial charge in [-0.05, 0) is 111 Å². The molecule has 0 aromatic rings. The van der Waals surface area contributed by atoms with Crippen molar-refractivity contribution in [2.45, 2.75) is 106 Å². The molecule has 3 fully saturated rings. The fraction of sp³-hybridized carbons (Fsp3) is 0.833. The molecule has 4 aliphatic rings. The van der Waals surface area contributed by atoms with E-state index >= 15 is 0 Å². The van der Waals surface area contributed by atoms with E-state index in [1.165, 1.54) is 64.2 Å². The van der Waals surface area contributed by atoms with Crippen molar-refractivity contribution in [1.29, 1.82) is 0 Å². The molecule has 0 spiro atoms. The smallest absolute Gasteiger partial charge is 0.0882 e. The van der Waals surface area contributed by atoms with E-state index in [0.29, 0.717) is 22.7 Å². The van der Waals surface area contributed by atoms with Gasteiger partial charge in [-0.3, -0.25) is 0 Å². The molecule has 8 unspecified atom stereocenters. The summed E-state index contributed by atoms with van der Waals surface area (Å²) in [6, 6.07) is 0. The van der Waals surface area contributed by atoms with Crippen molar-refractivity contribution in [3.05, 3.63) is 30.2 Å². The van der Waals surface area contributed by atoms with Crippen molar-refractivity contribution in [1.82, 2.24) is 0 Å². The predicted molar refractivity (Wildman–Crippen MR) is 131 cm³/mol. The topological polar surface area (TPSA) is 0 Å². The lowest BCUT2D eigenvalue weighted by Gasteiger charge is -2.58. The van der Waals surface area contributed by atoms with E-state index in [1.54, 1.807) is 11.1 Å². The summed E-state index contributed by atoms with van der Waals surface area (Å²) >= 11 is 0. The van der Waals surface area contributed by atoms with Crippen LogP contribution >= 0.6 is 0 Å². The van der Waals surface area contributed by atoms with Crippen molar-refractivity contribution < 1.29 is 0 Å². The first-order valence-electron chi connectivity index (χ1n) is 13.4. The maximum Gasteiger partial charge on any atom is 0.0990 e. The van der Waals surface area contributed by atoms with Crippen LogP contribution in [-0.4, -0.2) is 0 Å². The average Bonchev–Trinajstić information content (AvgIpc) is 3.06. The molecule has 0 heterocycles. The third kappa shape index (κ3) is 3.63. The highest BCUT2D eigenvalue weighted by molar-refractivity contribution is 5.25. The monoisotopic (exact) mass is 409 g/mol. The van der Waals surface area contributed by atoms with Crippen LogP contribution in [0, 0.1) is 59.2 Å². The van der Waals surface area contributed by atoms with Gasteiger partial charge in [-0.1, -0.05) is 57.9 Å². The molecule has 0 nitrogen and oxygen atoms in total. The van der Waals surface area contributed by atoms with E-state index in [0.717, 1.165) is 29.6 Å². The Balaban J connectivity index is 1.49. The molecule has 168 valence electrons. The Bertz CT molecular complexity index is 680. The first kappa shape index (κ1) is 22.5. The second-order valence-corrected chi connectivity index (χ2v) is 12.6. The zero-order valence-corrected chi connectivity index (χ0v) is 21.0. The van der Waals surface area contributed by atoms with Gasteiger partial charge >= 0.3 is 0 Å². The average molecular weight is 410 g/mol. The molecular formula is C30H49+. The zero-order chi connectivity index (χ0) is 21.7. The van der Waals surface area contributed by atoms with E-state index in [-0.39, 0.29) is 0 Å². The number of allylic oxidation sites excluding steroid dienone is 4. The SMILES string of the molecule is [CH2+]C1CCC2(C)C(=CCC3C2CCC2(C)C(C(C)CC/C(=C\C)C(C)C)CCC32)C1. The third-order valence-electron chi connectivity index (χ3n) is 11.0. The normalized spacial score (nSPS) is 44.8. The Labute approximate surface area is 188 Å². The molecule has 0 N–H and O–H groups in total. The first-order chi connectivity index (χ1) is 14.2. The van der Waals surface area contributed by atoms with E-state index < -0.39 is 0 Å². The number of rotatable bonds is 5. The van der Waals surface area contributed by atoms with Crippen LogP contribution in [0.4, 0.5) is 0 Å². The van der Waals surface area contributed by atoms with Crippen LogP contribution in [0.1, 0.15) is 106 Å². The minimum atomic E-state index is 0.500. The van der Waals surface area contributed by atoms with Crippen LogP contribution in [-0.2, 0) is 0 Å². The van der Waals surface area contributed by atoms with Crippen molar-refractivity contribution in [2.24, 2.45) is 52.3 Å². The van der Waals surface area contributed by atoms with E-state index in [9.17, 15) is 0 Å². The lowest BCUT2D eigenvalue weighted by Crippen LogP contribution is -2.50. The second-order valence-electron chi connectivity index (χ2n) is 12.6. The summed E-state index contributed by atoms with van der Waals surface area (Å²) in [5.74, 6) is 6.08. The molecule has 0 aromatic heterocycles. The molecule has 0 heteroatoms. The molecule has 4 aliphatic carbocycles. The third-order valence-corrected chi connectivity index (χ3v) is 11.0. The number of hydrogen-bond acceptors (Lipinski definition) is 0. The summed E-state index contributed by atoms with van der Waals surface area (Å²) < 4.78 is 0. The molecule has 0 aromatic carbocycles. The first-order valence-corrected chi connectivity index (χ1v) is 13.4. The van der Waals surface area contributed by atoms with Crippen molar-refractivity contribution >= 4 is 0 Å². The number of hydrogen-bond donors (Lipinski definition) is 0. The fourth-order valence-electron chi connectivity index (χ4n) is 9.07. The Morgan fingerprint density at radius 1 is 1.10 bits per heavy atom. The minimum Gasteiger partial charge on any atom is -0.0882 e. The summed E-state index contributed by atoms with van der Waals surface area (Å²) in [6.45, 7) is 19.3. The fourth-order valence-corrected chi connectivity index (χ4v) is 9.07. The molecule has 4 rings (SSSR count). The summed E-state index contributed by atoms with van der Waals surface area (Å²) in [7, 11) is 0. The van der Waals surface area contributed by atoms with Gasteiger partial charge in [0.15, 0.2) is 0 Å². The van der Waals surface area contributed by atoms with Crippen LogP contribution in [0.15, 0.2) is 23.3 Å². The minimum absolute atomic E-state index is 0.500. The molecular weight excluding hydrogens is 360 g/mol. The van der Waals surface area contributed by atoms with Gasteiger partial charge in [0.25, 0.3) is 0 Å². The molecule has 3 saturated carbocycles. The molecule has 0 amide bonds. The van der Waals surface area contributed by atoms with Gasteiger partial charge in [-0.25, -0.2) is 0 Å². The standard InChI is InChI=1S/C30H49/c1-8-23(20(2)3)10-9-22(5)26-13-14-27-25-12-11-24-19-21(4)15-17-29(24,6)28(25)16-18-30(26,27)7/h8,11,20-22,25-28H,4,9-10,12-19H2,1-3,5-7H3/q+1/b23-8+. The van der Waals surface area contributed by atoms with Gasteiger partial charge in [0, 0.05) is 6.42 Å². The van der Waals surface area contributed by atoms with E-state index in [4.69, 9.17) is 0 Å². The molecule has 0 bridgehead atoms. The summed E-state index contributed by atoms with van der Waals surface area (Å²) in [5.41, 5.74) is 4.57. The highest BCUT2D eigenvalue weighted by Gasteiger charge is 2.59. The maximum atomic E-state index is 4.42. The Morgan fingerprint density at radius 2 is 1.87 bits per heavy atom. The van der Waals surface area contributed by atoms with Crippen molar-refractivity contribution in [3.8, 4) is 0 Å². The van der Waals surface area contributed by atoms with Crippen molar-refractivity contribution in [2.75, 3.05) is 0 Å². The highest BCUT2D eigenvalue weighted by atomic mass is 14.6. The van der Waals surface area contributed by atoms with Gasteiger partial charge in [-0.2, -0.15) is 0 Å². The Kier molecular flexibility index (Phi) is 6.29. The summed E-state index contributed by atoms with van der Waals surface area (Å²) in [5, 5.41) is 0. The summed E-state index contributed by atoms with van der Waals surface area (Å²) in [4.78, 5) is 0. The van der Waals surface area contributed by atoms with Crippen LogP contribution in [0.25, 0.3) is 0 Å². The molecule has 30 heavy (non-hydrogen) atoms. The predicted octanol–water partition coefficient (Wildman–Crippen LogP) is 9.03. The second kappa shape index (κ2) is 8.37. The maximum absolute atomic E-state index is 4.42. The van der Waals surface area contributed by atoms with Gasteiger partial charge < -0.3 is 0 Å². The number of fused-ring (bicyclic) bond motifs is 5. The van der Waals surface area contributed by atoms with Gasteiger partial charge in [-0.15, -0.1) is 0 Å². The molecule has 0 aliphatic heterocycles. The highest BCUT2D eigenvalue weighted by Crippen LogP contribution is 2.67. The van der Waals surface area contributed by atoms with E-state index in [2.05, 4.69) is 60.6 Å². The lowest BCUT2D eigenvalue weighted by atomic mass is 9.46. The largest absolute Gasteiger partial charge is 0.0990 e. The van der Waals surface area contributed by atoms with Crippen molar-refractivity contribution in [3.63, 3.8) is 0 Å². The zero-order valence-electron chi connectivity index (χ0n) is 21.0. The summed E-state index contributed by atoms with van der Waals surface area (Å²) in [6.07, 6.45) is 19.2. The van der Waals surface area contributed by atoms with E-state index in [1.807, 2.05) is 0 Å². The lowest BCUT2D eigenvalue weighted by molar-refractivity contribution is -0.0515.